The van der Waals surface area contributed by atoms with Gasteiger partial charge in [0, 0.05) is 12.6 Å². The van der Waals surface area contributed by atoms with Crippen molar-refractivity contribution in [3.05, 3.63) is 23.8 Å². The van der Waals surface area contributed by atoms with Gasteiger partial charge in [0.15, 0.2) is 6.10 Å². The van der Waals surface area contributed by atoms with Gasteiger partial charge in [-0.2, -0.15) is 9.57 Å². The largest absolute Gasteiger partial charge is 0.396 e. The number of halogens is 2. The summed E-state index contributed by atoms with van der Waals surface area (Å²) < 4.78 is 57.2. The molecule has 1 aliphatic heterocycles. The van der Waals surface area contributed by atoms with E-state index in [1.165, 1.54) is 0 Å². The van der Waals surface area contributed by atoms with Crippen LogP contribution in [0.5, 0.6) is 0 Å². The Morgan fingerprint density at radius 1 is 1.40 bits per heavy atom. The number of anilines is 1. The van der Waals surface area contributed by atoms with Gasteiger partial charge in [-0.3, -0.25) is 0 Å². The molecular formula is C11H11F2N3O3S. The number of hydrogen-bond donors (Lipinski definition) is 1. The highest BCUT2D eigenvalue weighted by atomic mass is 32.2. The third-order valence-corrected chi connectivity index (χ3v) is 4.72. The predicted molar refractivity (Wildman–Crippen MR) is 64.9 cm³/mol. The fourth-order valence-corrected chi connectivity index (χ4v) is 3.31. The Morgan fingerprint density at radius 2 is 2.10 bits per heavy atom. The van der Waals surface area contributed by atoms with Crippen molar-refractivity contribution in [2.45, 2.75) is 11.0 Å². The fourth-order valence-electron chi connectivity index (χ4n) is 1.80. The number of nitrogen functional groups attached to an aromatic ring is 1. The molecule has 1 unspecified atom stereocenters. The van der Waals surface area contributed by atoms with Gasteiger partial charge in [0.1, 0.15) is 16.5 Å². The van der Waals surface area contributed by atoms with E-state index in [0.717, 1.165) is 10.4 Å². The number of rotatable bonds is 2. The first-order valence-electron chi connectivity index (χ1n) is 5.62. The molecule has 1 aliphatic rings. The van der Waals surface area contributed by atoms with Crippen LogP contribution in [0, 0.1) is 23.0 Å². The molecule has 0 bridgehead atoms. The van der Waals surface area contributed by atoms with Crippen molar-refractivity contribution in [2.24, 2.45) is 0 Å². The van der Waals surface area contributed by atoms with E-state index < -0.39 is 38.3 Å². The highest BCUT2D eigenvalue weighted by Gasteiger charge is 2.33. The van der Waals surface area contributed by atoms with E-state index in [1.54, 1.807) is 6.07 Å². The summed E-state index contributed by atoms with van der Waals surface area (Å²) >= 11 is 0. The molecule has 0 radical (unpaired) electrons. The van der Waals surface area contributed by atoms with Crippen molar-refractivity contribution in [3.8, 4) is 6.07 Å². The van der Waals surface area contributed by atoms with Gasteiger partial charge in [0.05, 0.1) is 24.9 Å². The van der Waals surface area contributed by atoms with E-state index in [0.29, 0.717) is 6.07 Å². The number of morpholine rings is 1. The van der Waals surface area contributed by atoms with Crippen molar-refractivity contribution in [3.63, 3.8) is 0 Å². The minimum Gasteiger partial charge on any atom is -0.396 e. The topological polar surface area (TPSA) is 96.4 Å². The van der Waals surface area contributed by atoms with E-state index in [2.05, 4.69) is 0 Å². The van der Waals surface area contributed by atoms with Crippen LogP contribution < -0.4 is 5.73 Å². The lowest BCUT2D eigenvalue weighted by molar-refractivity contribution is 0.0311. The Balaban J connectivity index is 2.40. The lowest BCUT2D eigenvalue weighted by atomic mass is 10.3. The number of nitriles is 1. The second kappa shape index (κ2) is 5.32. The normalized spacial score (nSPS) is 20.6. The highest BCUT2D eigenvalue weighted by Crippen LogP contribution is 2.25. The molecule has 1 atom stereocenters. The summed E-state index contributed by atoms with van der Waals surface area (Å²) in [6.07, 6.45) is -0.917. The van der Waals surface area contributed by atoms with Gasteiger partial charge in [0.25, 0.3) is 0 Å². The smallest absolute Gasteiger partial charge is 0.246 e. The third kappa shape index (κ3) is 2.58. The van der Waals surface area contributed by atoms with Gasteiger partial charge in [-0.25, -0.2) is 17.2 Å². The van der Waals surface area contributed by atoms with Crippen LogP contribution in [0.4, 0.5) is 14.5 Å². The predicted octanol–water partition coefficient (Wildman–Crippen LogP) is 0.460. The van der Waals surface area contributed by atoms with E-state index in [9.17, 15) is 17.2 Å². The zero-order chi connectivity index (χ0) is 14.9. The molecule has 0 saturated carbocycles. The van der Waals surface area contributed by atoms with Gasteiger partial charge in [-0.1, -0.05) is 0 Å². The average Bonchev–Trinajstić information content (AvgIpc) is 2.42. The van der Waals surface area contributed by atoms with Crippen LogP contribution in [-0.4, -0.2) is 38.5 Å². The summed E-state index contributed by atoms with van der Waals surface area (Å²) in [4.78, 5) is -0.713. The van der Waals surface area contributed by atoms with Crippen LogP contribution in [0.15, 0.2) is 17.0 Å². The van der Waals surface area contributed by atoms with Crippen molar-refractivity contribution >= 4 is 15.7 Å². The number of sulfonamides is 1. The van der Waals surface area contributed by atoms with Crippen molar-refractivity contribution in [1.82, 2.24) is 4.31 Å². The molecule has 2 rings (SSSR count). The molecule has 6 nitrogen and oxygen atoms in total. The standard InChI is InChI=1S/C11H11F2N3O3S/c12-8-3-9(13)11(4-10(8)15)20(17,18)16-1-2-19-7(5-14)6-16/h3-4,7H,1-2,6,15H2. The Labute approximate surface area is 114 Å². The molecular weight excluding hydrogens is 292 g/mol. The molecule has 2 N–H and O–H groups in total. The summed E-state index contributed by atoms with van der Waals surface area (Å²) in [5, 5.41) is 8.74. The molecule has 1 aromatic carbocycles. The molecule has 20 heavy (non-hydrogen) atoms. The summed E-state index contributed by atoms with van der Waals surface area (Å²) in [6.45, 7) is -0.206. The number of ether oxygens (including phenoxy) is 1. The summed E-state index contributed by atoms with van der Waals surface area (Å²) in [5.41, 5.74) is 4.80. The zero-order valence-corrected chi connectivity index (χ0v) is 11.0. The first kappa shape index (κ1) is 14.6. The Bertz CT molecular complexity index is 672. The molecule has 1 saturated heterocycles. The second-order valence-electron chi connectivity index (χ2n) is 4.16. The van der Waals surface area contributed by atoms with Gasteiger partial charge >= 0.3 is 0 Å². The zero-order valence-electron chi connectivity index (χ0n) is 10.2. The lowest BCUT2D eigenvalue weighted by Crippen LogP contribution is -2.45. The lowest BCUT2D eigenvalue weighted by Gasteiger charge is -2.29. The number of benzene rings is 1. The molecule has 1 fully saturated rings. The Kier molecular flexibility index (Phi) is 3.89. The maximum absolute atomic E-state index is 13.7. The fraction of sp³-hybridized carbons (Fsp3) is 0.364. The first-order chi connectivity index (χ1) is 9.36. The van der Waals surface area contributed by atoms with Crippen molar-refractivity contribution < 1.29 is 21.9 Å². The Hall–Kier alpha value is -1.76. The summed E-state index contributed by atoms with van der Waals surface area (Å²) in [7, 11) is -4.19. The van der Waals surface area contributed by atoms with E-state index in [1.807, 2.05) is 0 Å². The SMILES string of the molecule is N#CC1CN(S(=O)(=O)c2cc(N)c(F)cc2F)CCO1. The van der Waals surface area contributed by atoms with E-state index in [4.69, 9.17) is 15.7 Å². The Morgan fingerprint density at radius 3 is 2.75 bits per heavy atom. The maximum atomic E-state index is 13.7. The molecule has 9 heteroatoms. The van der Waals surface area contributed by atoms with Crippen molar-refractivity contribution in [2.75, 3.05) is 25.4 Å². The summed E-state index contributed by atoms with van der Waals surface area (Å²) in [5.74, 6) is -2.25. The van der Waals surface area contributed by atoms with Gasteiger partial charge in [-0.15, -0.1) is 0 Å². The number of hydrogen-bond acceptors (Lipinski definition) is 5. The first-order valence-corrected chi connectivity index (χ1v) is 7.06. The molecule has 0 aliphatic carbocycles. The maximum Gasteiger partial charge on any atom is 0.246 e. The van der Waals surface area contributed by atoms with Crippen LogP contribution in [0.25, 0.3) is 0 Å². The van der Waals surface area contributed by atoms with Gasteiger partial charge in [-0.05, 0) is 6.07 Å². The molecule has 1 heterocycles. The van der Waals surface area contributed by atoms with Crippen molar-refractivity contribution in [1.29, 1.82) is 5.26 Å². The molecule has 0 aromatic heterocycles. The van der Waals surface area contributed by atoms with Crippen LogP contribution in [-0.2, 0) is 14.8 Å². The van der Waals surface area contributed by atoms with E-state index >= 15 is 0 Å². The van der Waals surface area contributed by atoms with Crippen LogP contribution >= 0.6 is 0 Å². The van der Waals surface area contributed by atoms with Gasteiger partial charge < -0.3 is 10.5 Å². The van der Waals surface area contributed by atoms with Crippen LogP contribution in [0.3, 0.4) is 0 Å². The minimum atomic E-state index is -4.19. The van der Waals surface area contributed by atoms with Gasteiger partial charge in [0.2, 0.25) is 10.0 Å². The number of nitrogens with zero attached hydrogens (tertiary/aromatic N) is 2. The molecule has 1 aromatic rings. The third-order valence-electron chi connectivity index (χ3n) is 2.84. The summed E-state index contributed by atoms with van der Waals surface area (Å²) in [6, 6.07) is 2.94. The molecule has 108 valence electrons. The van der Waals surface area contributed by atoms with Crippen LogP contribution in [0.1, 0.15) is 0 Å². The number of nitrogens with two attached hydrogens (primary N) is 1. The second-order valence-corrected chi connectivity index (χ2v) is 6.06. The quantitative estimate of drug-likeness (QED) is 0.801. The molecule has 0 amide bonds. The highest BCUT2D eigenvalue weighted by molar-refractivity contribution is 7.89. The molecule has 0 spiro atoms. The van der Waals surface area contributed by atoms with Crippen LogP contribution in [0.2, 0.25) is 0 Å². The average molecular weight is 303 g/mol. The monoisotopic (exact) mass is 303 g/mol. The van der Waals surface area contributed by atoms with E-state index in [-0.39, 0.29) is 19.7 Å². The minimum absolute atomic E-state index is 0.0166.